The van der Waals surface area contributed by atoms with E-state index < -0.39 is 0 Å². The first-order chi connectivity index (χ1) is 10.2. The minimum atomic E-state index is -0.0986. The molecular weight excluding hydrogens is 268 g/mol. The minimum absolute atomic E-state index is 0.0986. The van der Waals surface area contributed by atoms with Crippen molar-refractivity contribution in [3.8, 4) is 0 Å². The van der Waals surface area contributed by atoms with Crippen LogP contribution < -0.4 is 4.90 Å². The van der Waals surface area contributed by atoms with E-state index in [1.165, 1.54) is 6.26 Å². The Bertz CT molecular complexity index is 703. The molecule has 1 aromatic heterocycles. The lowest BCUT2D eigenvalue weighted by molar-refractivity contribution is 0.0986. The van der Waals surface area contributed by atoms with Gasteiger partial charge in [0.05, 0.1) is 17.0 Å². The third kappa shape index (κ3) is 2.42. The van der Waals surface area contributed by atoms with Crippen LogP contribution in [0.3, 0.4) is 0 Å². The van der Waals surface area contributed by atoms with Crippen molar-refractivity contribution >= 4 is 17.3 Å². The third-order valence-corrected chi connectivity index (χ3v) is 3.64. The number of hydrogen-bond acceptors (Lipinski definition) is 4. The molecule has 5 heteroatoms. The predicted octanol–water partition coefficient (Wildman–Crippen LogP) is 3.21. The molecule has 0 radical (unpaired) electrons. The van der Waals surface area contributed by atoms with Crippen LogP contribution in [0.1, 0.15) is 34.5 Å². The van der Waals surface area contributed by atoms with Crippen LogP contribution in [0, 0.1) is 6.92 Å². The van der Waals surface area contributed by atoms with Gasteiger partial charge in [0.25, 0.3) is 5.91 Å². The number of nitrogens with zero attached hydrogens (tertiary/aromatic N) is 2. The molecular formula is C16H16N2O3. The molecule has 1 aliphatic heterocycles. The molecule has 1 aromatic carbocycles. The predicted molar refractivity (Wildman–Crippen MR) is 79.1 cm³/mol. The van der Waals surface area contributed by atoms with E-state index in [0.29, 0.717) is 30.0 Å². The quantitative estimate of drug-likeness (QED) is 0.646. The summed E-state index contributed by atoms with van der Waals surface area (Å²) in [5.74, 6) is 0.609. The van der Waals surface area contributed by atoms with Crippen molar-refractivity contribution < 1.29 is 14.4 Å². The van der Waals surface area contributed by atoms with E-state index in [9.17, 15) is 10.0 Å². The van der Waals surface area contributed by atoms with E-state index in [4.69, 9.17) is 4.42 Å². The summed E-state index contributed by atoms with van der Waals surface area (Å²) >= 11 is 0. The van der Waals surface area contributed by atoms with E-state index in [0.717, 1.165) is 17.7 Å². The van der Waals surface area contributed by atoms with E-state index in [2.05, 4.69) is 5.16 Å². The molecule has 0 saturated carbocycles. The minimum Gasteiger partial charge on any atom is -0.469 e. The molecule has 0 spiro atoms. The summed E-state index contributed by atoms with van der Waals surface area (Å²) in [6, 6.07) is 9.23. The van der Waals surface area contributed by atoms with Gasteiger partial charge in [-0.15, -0.1) is 0 Å². The number of benzene rings is 1. The van der Waals surface area contributed by atoms with E-state index in [-0.39, 0.29) is 5.91 Å². The second-order valence-corrected chi connectivity index (χ2v) is 5.07. The van der Waals surface area contributed by atoms with E-state index in [1.54, 1.807) is 11.0 Å². The summed E-state index contributed by atoms with van der Waals surface area (Å²) in [6.07, 6.45) is 2.87. The van der Waals surface area contributed by atoms with E-state index in [1.807, 2.05) is 31.2 Å². The maximum Gasteiger partial charge on any atom is 0.261 e. The number of carbonyl (C=O) groups is 1. The highest BCUT2D eigenvalue weighted by atomic mass is 16.4. The van der Waals surface area contributed by atoms with Crippen LogP contribution in [-0.4, -0.2) is 23.4 Å². The summed E-state index contributed by atoms with van der Waals surface area (Å²) in [5.41, 5.74) is 2.72. The van der Waals surface area contributed by atoms with Gasteiger partial charge in [-0.1, -0.05) is 23.4 Å². The second-order valence-electron chi connectivity index (χ2n) is 5.07. The molecule has 0 unspecified atom stereocenters. The Balaban J connectivity index is 2.04. The van der Waals surface area contributed by atoms with Crippen molar-refractivity contribution in [3.05, 3.63) is 53.5 Å². The molecule has 1 amide bonds. The Kier molecular flexibility index (Phi) is 3.48. The van der Waals surface area contributed by atoms with Gasteiger partial charge in [0.15, 0.2) is 0 Å². The molecule has 21 heavy (non-hydrogen) atoms. The molecule has 3 rings (SSSR count). The Morgan fingerprint density at radius 2 is 2.19 bits per heavy atom. The fraction of sp³-hybridized carbons (Fsp3) is 0.250. The number of aryl methyl sites for hydroxylation is 1. The molecule has 5 nitrogen and oxygen atoms in total. The molecule has 1 N–H and O–H groups in total. The van der Waals surface area contributed by atoms with Crippen LogP contribution >= 0.6 is 0 Å². The summed E-state index contributed by atoms with van der Waals surface area (Å²) in [5, 5.41) is 12.6. The first-order valence-corrected chi connectivity index (χ1v) is 6.88. The zero-order valence-electron chi connectivity index (χ0n) is 11.7. The Morgan fingerprint density at radius 3 is 2.90 bits per heavy atom. The van der Waals surface area contributed by atoms with Crippen LogP contribution in [0.5, 0.6) is 0 Å². The molecule has 0 atom stereocenters. The number of anilines is 1. The van der Waals surface area contributed by atoms with Crippen molar-refractivity contribution in [1.29, 1.82) is 0 Å². The van der Waals surface area contributed by atoms with Gasteiger partial charge < -0.3 is 14.5 Å². The monoisotopic (exact) mass is 284 g/mol. The third-order valence-electron chi connectivity index (χ3n) is 3.64. The number of hydrogen-bond donors (Lipinski definition) is 1. The van der Waals surface area contributed by atoms with Crippen LogP contribution in [0.4, 0.5) is 5.69 Å². The number of rotatable bonds is 1. The summed E-state index contributed by atoms with van der Waals surface area (Å²) in [6.45, 7) is 2.39. The maximum atomic E-state index is 12.7. The van der Waals surface area contributed by atoms with Gasteiger partial charge in [0.2, 0.25) is 0 Å². The Hall–Kier alpha value is -2.56. The second kappa shape index (κ2) is 5.44. The summed E-state index contributed by atoms with van der Waals surface area (Å²) in [7, 11) is 0. The van der Waals surface area contributed by atoms with Crippen LogP contribution in [0.15, 0.2) is 46.2 Å². The summed E-state index contributed by atoms with van der Waals surface area (Å²) < 4.78 is 5.23. The van der Waals surface area contributed by atoms with Gasteiger partial charge in [-0.3, -0.25) is 4.79 Å². The number of amides is 1. The Morgan fingerprint density at radius 1 is 1.38 bits per heavy atom. The molecule has 0 fully saturated rings. The first kappa shape index (κ1) is 13.4. The highest BCUT2D eigenvalue weighted by Crippen LogP contribution is 2.28. The maximum absolute atomic E-state index is 12.7. The normalized spacial score (nSPS) is 16.6. The van der Waals surface area contributed by atoms with Crippen LogP contribution in [0.25, 0.3) is 0 Å². The number of para-hydroxylation sites is 1. The molecule has 2 aromatic rings. The highest BCUT2D eigenvalue weighted by molar-refractivity contribution is 6.12. The molecule has 0 bridgehead atoms. The van der Waals surface area contributed by atoms with Crippen LogP contribution in [0.2, 0.25) is 0 Å². The zero-order valence-corrected chi connectivity index (χ0v) is 11.7. The number of carbonyl (C=O) groups excluding carboxylic acids is 1. The molecule has 2 heterocycles. The lowest BCUT2D eigenvalue weighted by atomic mass is 10.1. The van der Waals surface area contributed by atoms with Crippen molar-refractivity contribution in [2.24, 2.45) is 5.16 Å². The van der Waals surface area contributed by atoms with Gasteiger partial charge in [-0.2, -0.15) is 0 Å². The fourth-order valence-electron chi connectivity index (χ4n) is 2.64. The SMILES string of the molecule is Cc1cc(C(=O)N2CCC/C(=N/O)c3ccccc32)co1. The topological polar surface area (TPSA) is 66.0 Å². The molecule has 0 aliphatic carbocycles. The van der Waals surface area contributed by atoms with Crippen molar-refractivity contribution in [2.75, 3.05) is 11.4 Å². The fourth-order valence-corrected chi connectivity index (χ4v) is 2.64. The summed E-state index contributed by atoms with van der Waals surface area (Å²) in [4.78, 5) is 14.4. The Labute approximate surface area is 122 Å². The zero-order chi connectivity index (χ0) is 14.8. The van der Waals surface area contributed by atoms with Gasteiger partial charge >= 0.3 is 0 Å². The van der Waals surface area contributed by atoms with E-state index >= 15 is 0 Å². The van der Waals surface area contributed by atoms with Crippen molar-refractivity contribution in [1.82, 2.24) is 0 Å². The molecule has 0 saturated heterocycles. The van der Waals surface area contributed by atoms with Gasteiger partial charge in [-0.05, 0) is 31.9 Å². The van der Waals surface area contributed by atoms with Crippen LogP contribution in [-0.2, 0) is 0 Å². The number of fused-ring (bicyclic) bond motifs is 1. The van der Waals surface area contributed by atoms with Gasteiger partial charge in [0, 0.05) is 12.1 Å². The van der Waals surface area contributed by atoms with Gasteiger partial charge in [0.1, 0.15) is 12.0 Å². The number of furan rings is 1. The van der Waals surface area contributed by atoms with Crippen molar-refractivity contribution in [2.45, 2.75) is 19.8 Å². The smallest absolute Gasteiger partial charge is 0.261 e. The highest BCUT2D eigenvalue weighted by Gasteiger charge is 2.25. The molecule has 108 valence electrons. The van der Waals surface area contributed by atoms with Gasteiger partial charge in [-0.25, -0.2) is 0 Å². The largest absolute Gasteiger partial charge is 0.469 e. The standard InChI is InChI=1S/C16H16N2O3/c1-11-9-12(10-21-11)16(19)18-8-4-6-14(17-20)13-5-2-3-7-15(13)18/h2-3,5,7,9-10,20H,4,6,8H2,1H3/b17-14-. The number of oxime groups is 1. The first-order valence-electron chi connectivity index (χ1n) is 6.88. The average Bonchev–Trinajstić information content (AvgIpc) is 2.84. The molecule has 1 aliphatic rings. The lowest BCUT2D eigenvalue weighted by Crippen LogP contribution is -2.31. The van der Waals surface area contributed by atoms with Crippen molar-refractivity contribution in [3.63, 3.8) is 0 Å². The average molecular weight is 284 g/mol. The lowest BCUT2D eigenvalue weighted by Gasteiger charge is -2.22.